The Hall–Kier alpha value is -2.67. The third-order valence-electron chi connectivity index (χ3n) is 6.48. The molecule has 0 radical (unpaired) electrons. The van der Waals surface area contributed by atoms with Crippen molar-refractivity contribution in [3.63, 3.8) is 0 Å². The molecule has 0 saturated heterocycles. The third kappa shape index (κ3) is 2.29. The Kier molecular flexibility index (Phi) is 3.68. The highest BCUT2D eigenvalue weighted by Crippen LogP contribution is 2.41. The van der Waals surface area contributed by atoms with E-state index >= 15 is 0 Å². The van der Waals surface area contributed by atoms with Crippen molar-refractivity contribution in [2.75, 3.05) is 5.32 Å². The van der Waals surface area contributed by atoms with Crippen LogP contribution in [0.3, 0.4) is 0 Å². The Morgan fingerprint density at radius 1 is 1.25 bits per heavy atom. The van der Waals surface area contributed by atoms with Crippen LogP contribution in [-0.2, 0) is 12.1 Å². The zero-order valence-electron chi connectivity index (χ0n) is 16.1. The molecule has 0 aromatic carbocycles. The van der Waals surface area contributed by atoms with Crippen LogP contribution < -0.4 is 16.2 Å². The molecule has 3 N–H and O–H groups in total. The fraction of sp³-hybridized carbons (Fsp3) is 0.476. The number of amides is 1. The van der Waals surface area contributed by atoms with Gasteiger partial charge in [-0.05, 0) is 62.3 Å². The number of aromatic nitrogens is 2. The van der Waals surface area contributed by atoms with E-state index in [2.05, 4.69) is 15.6 Å². The molecule has 146 valence electrons. The maximum absolute atomic E-state index is 13.5. The molecule has 1 atom stereocenters. The number of nitrogens with zero attached hydrogens (tertiary/aromatic N) is 2. The average molecular weight is 380 g/mol. The van der Waals surface area contributed by atoms with Gasteiger partial charge in [-0.25, -0.2) is 0 Å². The molecule has 4 heterocycles. The van der Waals surface area contributed by atoms with Crippen molar-refractivity contribution in [2.24, 2.45) is 0 Å². The number of aliphatic hydroxyl groups excluding tert-OH is 1. The molecule has 7 nitrogen and oxygen atoms in total. The van der Waals surface area contributed by atoms with Gasteiger partial charge in [0.05, 0.1) is 11.8 Å². The lowest BCUT2D eigenvalue weighted by atomic mass is 9.88. The summed E-state index contributed by atoms with van der Waals surface area (Å²) in [4.78, 5) is 30.7. The largest absolute Gasteiger partial charge is 0.387 e. The summed E-state index contributed by atoms with van der Waals surface area (Å²) >= 11 is 0. The number of aliphatic hydroxyl groups is 1. The smallest absolute Gasteiger partial charge is 0.277 e. The van der Waals surface area contributed by atoms with Crippen molar-refractivity contribution >= 4 is 17.3 Å². The number of anilines is 2. The normalized spacial score (nSPS) is 20.0. The monoisotopic (exact) mass is 380 g/mol. The van der Waals surface area contributed by atoms with Crippen LogP contribution >= 0.6 is 0 Å². The van der Waals surface area contributed by atoms with Crippen LogP contribution in [0.25, 0.3) is 0 Å². The van der Waals surface area contributed by atoms with Gasteiger partial charge in [0.2, 0.25) is 0 Å². The van der Waals surface area contributed by atoms with Gasteiger partial charge in [0.25, 0.3) is 11.5 Å². The topological polar surface area (TPSA) is 96.2 Å². The summed E-state index contributed by atoms with van der Waals surface area (Å²) in [6, 6.07) is 1.80. The fourth-order valence-corrected chi connectivity index (χ4v) is 4.99. The molecule has 1 aliphatic carbocycles. The molecule has 1 spiro atoms. The van der Waals surface area contributed by atoms with Gasteiger partial charge in [-0.1, -0.05) is 6.42 Å². The van der Waals surface area contributed by atoms with E-state index < -0.39 is 11.8 Å². The van der Waals surface area contributed by atoms with Crippen molar-refractivity contribution in [3.05, 3.63) is 50.7 Å². The maximum Gasteiger partial charge on any atom is 0.277 e. The Bertz CT molecular complexity index is 1060. The lowest BCUT2D eigenvalue weighted by Crippen LogP contribution is -2.49. The van der Waals surface area contributed by atoms with Crippen molar-refractivity contribution in [3.8, 4) is 0 Å². The van der Waals surface area contributed by atoms with E-state index in [4.69, 9.17) is 0 Å². The molecule has 7 heteroatoms. The summed E-state index contributed by atoms with van der Waals surface area (Å²) in [5, 5.41) is 16.3. The molecule has 1 saturated carbocycles. The van der Waals surface area contributed by atoms with Gasteiger partial charge in [-0.3, -0.25) is 19.1 Å². The minimum atomic E-state index is -0.677. The number of hydrogen-bond acceptors (Lipinski definition) is 5. The number of fused-ring (bicyclic) bond motifs is 4. The standard InChI is InChI=1S/C21H24N4O3/c1-11-14-8-13-10-22-15(12(2)26)9-16(13)23-17(14)20(28)25-18(11)19(27)24-21(25)6-4-3-5-7-21/h9-10,12,23,26H,3-8H2,1-2H3,(H,24,27). The van der Waals surface area contributed by atoms with E-state index in [1.165, 1.54) is 0 Å². The van der Waals surface area contributed by atoms with Crippen LogP contribution in [-0.4, -0.2) is 20.6 Å². The Labute approximate surface area is 162 Å². The molecule has 2 aromatic rings. The molecule has 1 amide bonds. The highest BCUT2D eigenvalue weighted by atomic mass is 16.3. The summed E-state index contributed by atoms with van der Waals surface area (Å²) in [5.41, 5.74) is 4.34. The molecular weight excluding hydrogens is 356 g/mol. The lowest BCUT2D eigenvalue weighted by molar-refractivity contribution is 0.0876. The van der Waals surface area contributed by atoms with Crippen LogP contribution in [0.5, 0.6) is 0 Å². The molecule has 1 fully saturated rings. The predicted octanol–water partition coefficient (Wildman–Crippen LogP) is 2.61. The Balaban J connectivity index is 1.70. The van der Waals surface area contributed by atoms with E-state index in [1.807, 2.05) is 6.92 Å². The number of hydrogen-bond donors (Lipinski definition) is 3. The number of pyridine rings is 2. The van der Waals surface area contributed by atoms with Gasteiger partial charge in [0.15, 0.2) is 0 Å². The van der Waals surface area contributed by atoms with Crippen LogP contribution in [0, 0.1) is 6.92 Å². The van der Waals surface area contributed by atoms with Gasteiger partial charge >= 0.3 is 0 Å². The molecule has 0 bridgehead atoms. The highest BCUT2D eigenvalue weighted by molar-refractivity contribution is 5.98. The van der Waals surface area contributed by atoms with E-state index in [0.717, 1.165) is 54.5 Å². The van der Waals surface area contributed by atoms with Gasteiger partial charge < -0.3 is 15.7 Å². The van der Waals surface area contributed by atoms with Crippen LogP contribution in [0.4, 0.5) is 11.4 Å². The zero-order valence-corrected chi connectivity index (χ0v) is 16.1. The second-order valence-corrected chi connectivity index (χ2v) is 8.26. The minimum absolute atomic E-state index is 0.142. The minimum Gasteiger partial charge on any atom is -0.387 e. The van der Waals surface area contributed by atoms with Crippen molar-refractivity contribution in [2.45, 2.75) is 64.1 Å². The predicted molar refractivity (Wildman–Crippen MR) is 105 cm³/mol. The van der Waals surface area contributed by atoms with Gasteiger partial charge in [0, 0.05) is 18.3 Å². The first kappa shape index (κ1) is 17.4. The molecule has 5 rings (SSSR count). The van der Waals surface area contributed by atoms with Gasteiger partial charge in [0.1, 0.15) is 17.0 Å². The summed E-state index contributed by atoms with van der Waals surface area (Å²) in [6.07, 6.45) is 6.31. The van der Waals surface area contributed by atoms with E-state index in [0.29, 0.717) is 23.5 Å². The van der Waals surface area contributed by atoms with E-state index in [9.17, 15) is 14.7 Å². The quantitative estimate of drug-likeness (QED) is 0.603. The molecule has 2 aromatic heterocycles. The molecule has 28 heavy (non-hydrogen) atoms. The summed E-state index contributed by atoms with van der Waals surface area (Å²) in [6.45, 7) is 3.59. The van der Waals surface area contributed by atoms with Crippen molar-refractivity contribution < 1.29 is 9.90 Å². The molecule has 1 unspecified atom stereocenters. The van der Waals surface area contributed by atoms with Crippen LogP contribution in [0.1, 0.15) is 78.0 Å². The summed E-state index contributed by atoms with van der Waals surface area (Å²) < 4.78 is 1.72. The third-order valence-corrected chi connectivity index (χ3v) is 6.48. The van der Waals surface area contributed by atoms with E-state index in [-0.39, 0.29) is 11.5 Å². The second-order valence-electron chi connectivity index (χ2n) is 8.26. The number of carbonyl (C=O) groups is 1. The number of carbonyl (C=O) groups excluding carboxylic acids is 1. The number of nitrogens with one attached hydrogen (secondary N) is 2. The number of rotatable bonds is 1. The Morgan fingerprint density at radius 3 is 2.71 bits per heavy atom. The summed E-state index contributed by atoms with van der Waals surface area (Å²) in [5.74, 6) is -0.146. The molecular formula is C21H24N4O3. The second kappa shape index (κ2) is 5.91. The first-order chi connectivity index (χ1) is 13.4. The van der Waals surface area contributed by atoms with Crippen molar-refractivity contribution in [1.29, 1.82) is 0 Å². The van der Waals surface area contributed by atoms with Crippen molar-refractivity contribution in [1.82, 2.24) is 14.9 Å². The molecule has 2 aliphatic heterocycles. The van der Waals surface area contributed by atoms with Crippen LogP contribution in [0.2, 0.25) is 0 Å². The van der Waals surface area contributed by atoms with Gasteiger partial charge in [-0.2, -0.15) is 0 Å². The average Bonchev–Trinajstić information content (AvgIpc) is 2.96. The lowest BCUT2D eigenvalue weighted by Gasteiger charge is -2.36. The molecule has 3 aliphatic rings. The van der Waals surface area contributed by atoms with E-state index in [1.54, 1.807) is 23.8 Å². The maximum atomic E-state index is 13.5. The zero-order chi connectivity index (χ0) is 19.6. The fourth-order valence-electron chi connectivity index (χ4n) is 4.99. The first-order valence-electron chi connectivity index (χ1n) is 9.97. The Morgan fingerprint density at radius 2 is 2.00 bits per heavy atom. The van der Waals surface area contributed by atoms with Gasteiger partial charge in [-0.15, -0.1) is 0 Å². The first-order valence-corrected chi connectivity index (χ1v) is 9.97. The van der Waals surface area contributed by atoms with Crippen LogP contribution in [0.15, 0.2) is 17.1 Å². The highest BCUT2D eigenvalue weighted by Gasteiger charge is 2.46. The summed E-state index contributed by atoms with van der Waals surface area (Å²) in [7, 11) is 0. The SMILES string of the molecule is Cc1c2c(c(=O)n3c1C(=O)NC31CCCCC1)Nc1cc(C(C)O)ncc1C2.